The number of ether oxygens (including phenoxy) is 1. The summed E-state index contributed by atoms with van der Waals surface area (Å²) in [5, 5.41) is 12.7. The Morgan fingerprint density at radius 3 is 2.71 bits per heavy atom. The van der Waals surface area contributed by atoms with Crippen molar-refractivity contribution in [2.45, 2.75) is 0 Å². The molecule has 3 aromatic rings. The van der Waals surface area contributed by atoms with Gasteiger partial charge in [0.05, 0.1) is 17.7 Å². The summed E-state index contributed by atoms with van der Waals surface area (Å²) in [6, 6.07) is 12.1. The second-order valence-electron chi connectivity index (χ2n) is 4.69. The molecule has 1 aromatic heterocycles. The van der Waals surface area contributed by atoms with Crippen molar-refractivity contribution in [2.75, 3.05) is 12.4 Å². The van der Waals surface area contributed by atoms with Gasteiger partial charge in [0.15, 0.2) is 5.01 Å². The second-order valence-corrected chi connectivity index (χ2v) is 6.51. The van der Waals surface area contributed by atoms with Crippen LogP contribution in [0.4, 0.5) is 5.13 Å². The van der Waals surface area contributed by atoms with E-state index in [-0.39, 0.29) is 5.91 Å². The number of nitrogens with one attached hydrogen (secondary N) is 1. The van der Waals surface area contributed by atoms with E-state index in [9.17, 15) is 4.79 Å². The van der Waals surface area contributed by atoms with Gasteiger partial charge in [0.1, 0.15) is 5.75 Å². The Labute approximate surface area is 152 Å². The average Bonchev–Trinajstić information content (AvgIpc) is 3.03. The predicted octanol–water partition coefficient (Wildman–Crippen LogP) is 4.77. The lowest BCUT2D eigenvalue weighted by Crippen LogP contribution is -2.13. The summed E-state index contributed by atoms with van der Waals surface area (Å²) in [5.74, 6) is 0.0453. The second kappa shape index (κ2) is 7.17. The number of aromatic nitrogens is 2. The van der Waals surface area contributed by atoms with Gasteiger partial charge in [-0.1, -0.05) is 52.7 Å². The number of halogens is 2. The molecule has 0 aliphatic heterocycles. The first-order valence-corrected chi connectivity index (χ1v) is 8.39. The van der Waals surface area contributed by atoms with Gasteiger partial charge < -0.3 is 4.74 Å². The summed E-state index contributed by atoms with van der Waals surface area (Å²) in [7, 11) is 1.49. The molecule has 122 valence electrons. The number of carbonyl (C=O) groups excluding carboxylic acids is 1. The van der Waals surface area contributed by atoms with Gasteiger partial charge in [-0.05, 0) is 24.3 Å². The van der Waals surface area contributed by atoms with Crippen molar-refractivity contribution in [1.82, 2.24) is 10.2 Å². The van der Waals surface area contributed by atoms with Crippen LogP contribution in [0.2, 0.25) is 10.0 Å². The molecule has 1 heterocycles. The highest BCUT2D eigenvalue weighted by Gasteiger charge is 2.16. The zero-order chi connectivity index (χ0) is 17.1. The van der Waals surface area contributed by atoms with Crippen LogP contribution in [0.1, 0.15) is 10.4 Å². The number of carbonyl (C=O) groups is 1. The van der Waals surface area contributed by atoms with Crippen LogP contribution in [-0.2, 0) is 0 Å². The Bertz CT molecular complexity index is 899. The lowest BCUT2D eigenvalue weighted by Gasteiger charge is -2.07. The van der Waals surface area contributed by atoms with E-state index >= 15 is 0 Å². The first-order valence-electron chi connectivity index (χ1n) is 6.82. The largest absolute Gasteiger partial charge is 0.496 e. The van der Waals surface area contributed by atoms with Gasteiger partial charge in [-0.3, -0.25) is 10.1 Å². The van der Waals surface area contributed by atoms with Crippen LogP contribution in [-0.4, -0.2) is 23.2 Å². The minimum atomic E-state index is -0.379. The van der Waals surface area contributed by atoms with Gasteiger partial charge in [-0.25, -0.2) is 0 Å². The number of methoxy groups -OCH3 is 1. The maximum Gasteiger partial charge on any atom is 0.261 e. The highest BCUT2D eigenvalue weighted by molar-refractivity contribution is 7.18. The van der Waals surface area contributed by atoms with Gasteiger partial charge in [0.2, 0.25) is 5.13 Å². The van der Waals surface area contributed by atoms with Crippen LogP contribution in [0.5, 0.6) is 5.75 Å². The third-order valence-corrected chi connectivity index (χ3v) is 4.59. The Balaban J connectivity index is 1.84. The molecule has 5 nitrogen and oxygen atoms in total. The highest BCUT2D eigenvalue weighted by Crippen LogP contribution is 2.32. The molecule has 0 bridgehead atoms. The Kier molecular flexibility index (Phi) is 4.99. The summed E-state index contributed by atoms with van der Waals surface area (Å²) >= 11 is 13.3. The maximum atomic E-state index is 12.4. The minimum absolute atomic E-state index is 0.319. The van der Waals surface area contributed by atoms with Gasteiger partial charge in [-0.15, -0.1) is 10.2 Å². The summed E-state index contributed by atoms with van der Waals surface area (Å²) in [5.41, 5.74) is 1.08. The standard InChI is InChI=1S/C16H11Cl2N3O2S/c1-23-13-7-6-9(17)8-11(13)14(22)19-16-21-20-15(24-16)10-4-2-3-5-12(10)18/h2-8H,1H3,(H,19,21,22). The molecule has 0 aliphatic carbocycles. The first-order chi connectivity index (χ1) is 11.6. The number of anilines is 1. The molecule has 0 radical (unpaired) electrons. The molecule has 0 spiro atoms. The van der Waals surface area contributed by atoms with Gasteiger partial charge in [0.25, 0.3) is 5.91 Å². The first kappa shape index (κ1) is 16.7. The van der Waals surface area contributed by atoms with E-state index in [1.165, 1.54) is 24.5 Å². The fourth-order valence-corrected chi connectivity index (χ4v) is 3.27. The Morgan fingerprint density at radius 1 is 1.17 bits per heavy atom. The van der Waals surface area contributed by atoms with Crippen LogP contribution >= 0.6 is 34.5 Å². The summed E-state index contributed by atoms with van der Waals surface area (Å²) in [4.78, 5) is 12.4. The lowest BCUT2D eigenvalue weighted by atomic mass is 10.2. The lowest BCUT2D eigenvalue weighted by molar-refractivity contribution is 0.102. The molecule has 0 atom stereocenters. The quantitative estimate of drug-likeness (QED) is 0.708. The van der Waals surface area contributed by atoms with Crippen LogP contribution in [0.3, 0.4) is 0 Å². The maximum absolute atomic E-state index is 12.4. The van der Waals surface area contributed by atoms with Crippen molar-refractivity contribution in [3.8, 4) is 16.3 Å². The third kappa shape index (κ3) is 3.51. The summed E-state index contributed by atoms with van der Waals surface area (Å²) < 4.78 is 5.18. The smallest absolute Gasteiger partial charge is 0.261 e. The van der Waals surface area contributed by atoms with Crippen LogP contribution < -0.4 is 10.1 Å². The van der Waals surface area contributed by atoms with Gasteiger partial charge >= 0.3 is 0 Å². The molecule has 0 saturated heterocycles. The van der Waals surface area contributed by atoms with E-state index in [4.69, 9.17) is 27.9 Å². The molecular formula is C16H11Cl2N3O2S. The molecule has 3 rings (SSSR count). The average molecular weight is 380 g/mol. The van der Waals surface area contributed by atoms with E-state index in [0.717, 1.165) is 5.56 Å². The summed E-state index contributed by atoms with van der Waals surface area (Å²) in [6.45, 7) is 0. The van der Waals surface area contributed by atoms with Crippen molar-refractivity contribution >= 4 is 45.6 Å². The van der Waals surface area contributed by atoms with E-state index < -0.39 is 0 Å². The zero-order valence-electron chi connectivity index (χ0n) is 12.4. The van der Waals surface area contributed by atoms with E-state index in [1.807, 2.05) is 18.2 Å². The van der Waals surface area contributed by atoms with Gasteiger partial charge in [-0.2, -0.15) is 0 Å². The highest BCUT2D eigenvalue weighted by atomic mass is 35.5. The molecule has 24 heavy (non-hydrogen) atoms. The molecule has 1 amide bonds. The topological polar surface area (TPSA) is 64.1 Å². The number of benzene rings is 2. The molecule has 0 saturated carbocycles. The number of nitrogens with zero attached hydrogens (tertiary/aromatic N) is 2. The van der Waals surface area contributed by atoms with Crippen LogP contribution in [0.25, 0.3) is 10.6 Å². The normalized spacial score (nSPS) is 10.5. The SMILES string of the molecule is COc1ccc(Cl)cc1C(=O)Nc1nnc(-c2ccccc2Cl)s1. The summed E-state index contributed by atoms with van der Waals surface area (Å²) in [6.07, 6.45) is 0. The monoisotopic (exact) mass is 379 g/mol. The minimum Gasteiger partial charge on any atom is -0.496 e. The molecule has 0 aliphatic rings. The molecular weight excluding hydrogens is 369 g/mol. The fourth-order valence-electron chi connectivity index (χ4n) is 2.04. The van der Waals surface area contributed by atoms with E-state index in [2.05, 4.69) is 15.5 Å². The van der Waals surface area contributed by atoms with Crippen molar-refractivity contribution in [2.24, 2.45) is 0 Å². The zero-order valence-corrected chi connectivity index (χ0v) is 14.7. The molecule has 8 heteroatoms. The molecule has 0 unspecified atom stereocenters. The van der Waals surface area contributed by atoms with Crippen LogP contribution in [0.15, 0.2) is 42.5 Å². The van der Waals surface area contributed by atoms with E-state index in [0.29, 0.717) is 31.5 Å². The van der Waals surface area contributed by atoms with Crippen molar-refractivity contribution in [1.29, 1.82) is 0 Å². The number of hydrogen-bond acceptors (Lipinski definition) is 5. The third-order valence-electron chi connectivity index (χ3n) is 3.16. The number of hydrogen-bond donors (Lipinski definition) is 1. The molecule has 1 N–H and O–H groups in total. The number of amides is 1. The predicted molar refractivity (Wildman–Crippen MR) is 96.3 cm³/mol. The molecule has 2 aromatic carbocycles. The molecule has 0 fully saturated rings. The van der Waals surface area contributed by atoms with Crippen molar-refractivity contribution in [3.05, 3.63) is 58.1 Å². The van der Waals surface area contributed by atoms with Crippen molar-refractivity contribution in [3.63, 3.8) is 0 Å². The Hall–Kier alpha value is -2.15. The number of rotatable bonds is 4. The Morgan fingerprint density at radius 2 is 1.96 bits per heavy atom. The van der Waals surface area contributed by atoms with Crippen LogP contribution in [0, 0.1) is 0 Å². The van der Waals surface area contributed by atoms with Gasteiger partial charge in [0, 0.05) is 10.6 Å². The fraction of sp³-hybridized carbons (Fsp3) is 0.0625. The van der Waals surface area contributed by atoms with Crippen molar-refractivity contribution < 1.29 is 9.53 Å². The van der Waals surface area contributed by atoms with E-state index in [1.54, 1.807) is 18.2 Å².